The van der Waals surface area contributed by atoms with Crippen molar-refractivity contribution >= 4 is 22.9 Å². The number of benzene rings is 1. The van der Waals surface area contributed by atoms with E-state index in [4.69, 9.17) is 4.74 Å². The molecule has 1 aromatic heterocycles. The summed E-state index contributed by atoms with van der Waals surface area (Å²) in [4.78, 5) is 15.7. The van der Waals surface area contributed by atoms with Crippen LogP contribution in [0.5, 0.6) is 0 Å². The Labute approximate surface area is 102 Å². The molecule has 2 aromatic rings. The Bertz CT molecular complexity index is 518. The number of nitrogens with one attached hydrogen (secondary N) is 1. The zero-order valence-corrected chi connectivity index (χ0v) is 9.74. The maximum absolute atomic E-state index is 11.4. The molecular formula is C12H10N2O2S. The number of ether oxygens (including phenoxy) is 1. The molecule has 86 valence electrons. The van der Waals surface area contributed by atoms with Gasteiger partial charge in [0.25, 0.3) is 5.91 Å². The van der Waals surface area contributed by atoms with Crippen LogP contribution in [0.2, 0.25) is 0 Å². The lowest BCUT2D eigenvalue weighted by Crippen LogP contribution is -2.17. The molecule has 5 heteroatoms. The molecule has 1 atom stereocenters. The van der Waals surface area contributed by atoms with Gasteiger partial charge in [0.05, 0.1) is 6.61 Å². The number of thiazole rings is 1. The van der Waals surface area contributed by atoms with Gasteiger partial charge in [0.15, 0.2) is 6.10 Å². The topological polar surface area (TPSA) is 54.5 Å². The van der Waals surface area contributed by atoms with Gasteiger partial charge < -0.3 is 10.1 Å². The zero-order chi connectivity index (χ0) is 11.7. The molecule has 3 rings (SSSR count). The number of hydrogen-bond donors (Lipinski definition) is 1. The number of carbonyl (C=O) groups excluding carboxylic acids is 1. The highest BCUT2D eigenvalue weighted by molar-refractivity contribution is 7.13. The SMILES string of the molecule is O=C(Nc1ccc(-c2nccs2)cc1)C1CO1. The zero-order valence-electron chi connectivity index (χ0n) is 8.92. The molecule has 0 saturated carbocycles. The highest BCUT2D eigenvalue weighted by Crippen LogP contribution is 2.23. The smallest absolute Gasteiger partial charge is 0.255 e. The first-order chi connectivity index (χ1) is 8.33. The predicted octanol–water partition coefficient (Wildman–Crippen LogP) is 2.15. The minimum atomic E-state index is -0.256. The number of nitrogens with zero attached hydrogens (tertiary/aromatic N) is 1. The van der Waals surface area contributed by atoms with Crippen molar-refractivity contribution in [3.8, 4) is 10.6 Å². The van der Waals surface area contributed by atoms with E-state index in [-0.39, 0.29) is 12.0 Å². The standard InChI is InChI=1S/C12H10N2O2S/c15-11(10-7-16-10)14-9-3-1-8(2-4-9)12-13-5-6-17-12/h1-6,10H,7H2,(H,14,15). The number of amides is 1. The van der Waals surface area contributed by atoms with Gasteiger partial charge in [-0.05, 0) is 24.3 Å². The van der Waals surface area contributed by atoms with Gasteiger partial charge in [-0.1, -0.05) is 0 Å². The third-order valence-corrected chi connectivity index (χ3v) is 3.28. The van der Waals surface area contributed by atoms with Gasteiger partial charge in [-0.15, -0.1) is 11.3 Å². The molecule has 1 fully saturated rings. The van der Waals surface area contributed by atoms with Crippen LogP contribution in [-0.2, 0) is 9.53 Å². The van der Waals surface area contributed by atoms with Gasteiger partial charge in [0.2, 0.25) is 0 Å². The van der Waals surface area contributed by atoms with E-state index >= 15 is 0 Å². The maximum Gasteiger partial charge on any atom is 0.255 e. The molecule has 1 aliphatic heterocycles. The minimum Gasteiger partial charge on any atom is -0.363 e. The summed E-state index contributed by atoms with van der Waals surface area (Å²) < 4.78 is 4.90. The number of anilines is 1. The third-order valence-electron chi connectivity index (χ3n) is 2.46. The van der Waals surface area contributed by atoms with Gasteiger partial charge in [-0.3, -0.25) is 4.79 Å². The van der Waals surface area contributed by atoms with Crippen LogP contribution in [0.4, 0.5) is 5.69 Å². The summed E-state index contributed by atoms with van der Waals surface area (Å²) in [6.07, 6.45) is 1.52. The second-order valence-corrected chi connectivity index (χ2v) is 4.62. The van der Waals surface area contributed by atoms with Crippen molar-refractivity contribution in [1.82, 2.24) is 4.98 Å². The molecule has 1 unspecified atom stereocenters. The number of hydrogen-bond acceptors (Lipinski definition) is 4. The second-order valence-electron chi connectivity index (χ2n) is 3.73. The van der Waals surface area contributed by atoms with E-state index in [9.17, 15) is 4.79 Å². The lowest BCUT2D eigenvalue weighted by Gasteiger charge is -2.03. The summed E-state index contributed by atoms with van der Waals surface area (Å²) in [6.45, 7) is 0.531. The van der Waals surface area contributed by atoms with E-state index in [1.54, 1.807) is 17.5 Å². The molecule has 1 saturated heterocycles. The maximum atomic E-state index is 11.4. The van der Waals surface area contributed by atoms with E-state index in [2.05, 4.69) is 10.3 Å². The van der Waals surface area contributed by atoms with Crippen LogP contribution in [0.1, 0.15) is 0 Å². The van der Waals surface area contributed by atoms with E-state index in [0.717, 1.165) is 16.3 Å². The summed E-state index contributed by atoms with van der Waals surface area (Å²) >= 11 is 1.59. The Kier molecular flexibility index (Phi) is 2.62. The van der Waals surface area contributed by atoms with Crippen molar-refractivity contribution in [3.05, 3.63) is 35.8 Å². The molecule has 2 heterocycles. The summed E-state index contributed by atoms with van der Waals surface area (Å²) in [7, 11) is 0. The van der Waals surface area contributed by atoms with Gasteiger partial charge in [-0.25, -0.2) is 4.98 Å². The Hall–Kier alpha value is -1.72. The second kappa shape index (κ2) is 4.27. The summed E-state index contributed by atoms with van der Waals surface area (Å²) in [5, 5.41) is 5.72. The van der Waals surface area contributed by atoms with E-state index in [1.807, 2.05) is 29.6 Å². The van der Waals surface area contributed by atoms with Crippen LogP contribution >= 0.6 is 11.3 Å². The predicted molar refractivity (Wildman–Crippen MR) is 65.9 cm³/mol. The Balaban J connectivity index is 1.73. The summed E-state index contributed by atoms with van der Waals surface area (Å²) in [6, 6.07) is 7.64. The van der Waals surface area contributed by atoms with Crippen LogP contribution in [0.15, 0.2) is 35.8 Å². The fourth-order valence-corrected chi connectivity index (χ4v) is 2.13. The quantitative estimate of drug-likeness (QED) is 0.844. The molecule has 0 bridgehead atoms. The monoisotopic (exact) mass is 246 g/mol. The van der Waals surface area contributed by atoms with Gasteiger partial charge in [-0.2, -0.15) is 0 Å². The number of carbonyl (C=O) groups is 1. The summed E-state index contributed by atoms with van der Waals surface area (Å²) in [5.41, 5.74) is 1.84. The normalized spacial score (nSPS) is 17.8. The number of rotatable bonds is 3. The molecule has 1 amide bonds. The largest absolute Gasteiger partial charge is 0.363 e. The fraction of sp³-hybridized carbons (Fsp3) is 0.167. The first-order valence-electron chi connectivity index (χ1n) is 5.25. The van der Waals surface area contributed by atoms with Crippen LogP contribution in [0.25, 0.3) is 10.6 Å². The van der Waals surface area contributed by atoms with E-state index in [0.29, 0.717) is 6.61 Å². The molecule has 0 radical (unpaired) electrons. The van der Waals surface area contributed by atoms with Crippen molar-refractivity contribution in [3.63, 3.8) is 0 Å². The highest BCUT2D eigenvalue weighted by Gasteiger charge is 2.31. The van der Waals surface area contributed by atoms with Gasteiger partial charge >= 0.3 is 0 Å². The van der Waals surface area contributed by atoms with Crippen molar-refractivity contribution in [1.29, 1.82) is 0 Å². The number of epoxide rings is 1. The highest BCUT2D eigenvalue weighted by atomic mass is 32.1. The number of aromatic nitrogens is 1. The molecule has 4 nitrogen and oxygen atoms in total. The fourth-order valence-electron chi connectivity index (χ4n) is 1.48. The van der Waals surface area contributed by atoms with Crippen molar-refractivity contribution in [2.45, 2.75) is 6.10 Å². The Morgan fingerprint density at radius 1 is 1.41 bits per heavy atom. The van der Waals surface area contributed by atoms with Crippen LogP contribution in [-0.4, -0.2) is 23.6 Å². The molecule has 0 aliphatic carbocycles. The first-order valence-corrected chi connectivity index (χ1v) is 6.13. The van der Waals surface area contributed by atoms with Crippen molar-refractivity contribution in [2.24, 2.45) is 0 Å². The average molecular weight is 246 g/mol. The molecule has 1 N–H and O–H groups in total. The Morgan fingerprint density at radius 3 is 2.76 bits per heavy atom. The van der Waals surface area contributed by atoms with Crippen molar-refractivity contribution in [2.75, 3.05) is 11.9 Å². The summed E-state index contributed by atoms with van der Waals surface area (Å²) in [5.74, 6) is -0.0769. The minimum absolute atomic E-state index is 0.0769. The van der Waals surface area contributed by atoms with Crippen molar-refractivity contribution < 1.29 is 9.53 Å². The first kappa shape index (κ1) is 10.4. The molecular weight excluding hydrogens is 236 g/mol. The Morgan fingerprint density at radius 2 is 2.18 bits per heavy atom. The van der Waals surface area contributed by atoms with Crippen LogP contribution < -0.4 is 5.32 Å². The molecule has 17 heavy (non-hydrogen) atoms. The lowest BCUT2D eigenvalue weighted by atomic mass is 10.2. The van der Waals surface area contributed by atoms with E-state index < -0.39 is 0 Å². The van der Waals surface area contributed by atoms with Gasteiger partial charge in [0.1, 0.15) is 5.01 Å². The molecule has 0 spiro atoms. The van der Waals surface area contributed by atoms with Crippen LogP contribution in [0, 0.1) is 0 Å². The molecule has 1 aromatic carbocycles. The third kappa shape index (κ3) is 2.35. The molecule has 1 aliphatic rings. The lowest BCUT2D eigenvalue weighted by molar-refractivity contribution is -0.117. The van der Waals surface area contributed by atoms with Crippen LogP contribution in [0.3, 0.4) is 0 Å². The average Bonchev–Trinajstić information content (AvgIpc) is 3.07. The van der Waals surface area contributed by atoms with Gasteiger partial charge in [0, 0.05) is 22.8 Å². The van der Waals surface area contributed by atoms with E-state index in [1.165, 1.54) is 0 Å².